The predicted octanol–water partition coefficient (Wildman–Crippen LogP) is 5.27. The smallest absolute Gasteiger partial charge is 0.160 e. The molecule has 3 aromatic carbocycles. The van der Waals surface area contributed by atoms with Crippen molar-refractivity contribution in [1.82, 2.24) is 9.97 Å². The molecular weight excluding hydrogens is 340 g/mol. The lowest BCUT2D eigenvalue weighted by Crippen LogP contribution is -2.00. The third-order valence-corrected chi connectivity index (χ3v) is 5.87. The number of nitrogens with zero attached hydrogens (tertiary/aromatic N) is 1. The first-order valence-corrected chi connectivity index (χ1v) is 10.00. The van der Waals surface area contributed by atoms with E-state index in [1.54, 1.807) is 12.5 Å². The summed E-state index contributed by atoms with van der Waals surface area (Å²) in [5.74, 6) is 0. The molecule has 0 bridgehead atoms. The molecule has 3 nitrogen and oxygen atoms in total. The van der Waals surface area contributed by atoms with E-state index < -0.39 is 11.2 Å². The molecule has 2 aromatic heterocycles. The summed E-state index contributed by atoms with van der Waals surface area (Å²) in [6.45, 7) is 0. The van der Waals surface area contributed by atoms with Crippen LogP contribution in [0.5, 0.6) is 0 Å². The molecule has 1 atom stereocenters. The van der Waals surface area contributed by atoms with Crippen molar-refractivity contribution < 1.29 is 4.55 Å². The largest absolute Gasteiger partial charge is 0.612 e. The van der Waals surface area contributed by atoms with Crippen molar-refractivity contribution in [2.45, 2.75) is 4.90 Å². The Morgan fingerprint density at radius 2 is 1.62 bits per heavy atom. The van der Waals surface area contributed by atoms with Crippen LogP contribution in [0.1, 0.15) is 0 Å². The Hall–Kier alpha value is -2.82. The average molecular weight is 356 g/mol. The van der Waals surface area contributed by atoms with E-state index in [4.69, 9.17) is 0 Å². The number of pyridine rings is 1. The van der Waals surface area contributed by atoms with Gasteiger partial charge in [0.15, 0.2) is 4.90 Å². The van der Waals surface area contributed by atoms with Crippen molar-refractivity contribution in [2.75, 3.05) is 6.26 Å². The van der Waals surface area contributed by atoms with E-state index in [0.717, 1.165) is 37.8 Å². The monoisotopic (exact) mass is 356 g/mol. The highest BCUT2D eigenvalue weighted by Gasteiger charge is 2.18. The van der Waals surface area contributed by atoms with E-state index in [0.29, 0.717) is 0 Å². The summed E-state index contributed by atoms with van der Waals surface area (Å²) in [6.07, 6.45) is 5.44. The van der Waals surface area contributed by atoms with Crippen molar-refractivity contribution in [3.05, 3.63) is 73.1 Å². The lowest BCUT2D eigenvalue weighted by atomic mass is 9.95. The molecule has 0 amide bonds. The topological polar surface area (TPSA) is 51.7 Å². The molecular formula is C22H16N2OS. The molecule has 0 aliphatic heterocycles. The standard InChI is InChI=1S/C22H16N2OS/c1-26(25)21-9-5-4-7-15(21)17-12-20-22(16-8-3-2-6-14(16)17)18-13-23-11-10-19(18)24-20/h2-13,24H,1H3. The molecule has 4 heteroatoms. The number of aromatic nitrogens is 2. The molecule has 0 saturated heterocycles. The Morgan fingerprint density at radius 3 is 2.46 bits per heavy atom. The van der Waals surface area contributed by atoms with Gasteiger partial charge in [-0.3, -0.25) is 4.98 Å². The number of nitrogens with one attached hydrogen (secondary N) is 1. The second-order valence-corrected chi connectivity index (χ2v) is 7.74. The van der Waals surface area contributed by atoms with Crippen LogP contribution in [0.2, 0.25) is 0 Å². The average Bonchev–Trinajstić information content (AvgIpc) is 3.06. The van der Waals surface area contributed by atoms with Crippen LogP contribution < -0.4 is 0 Å². The maximum absolute atomic E-state index is 12.3. The highest BCUT2D eigenvalue weighted by Crippen LogP contribution is 2.39. The van der Waals surface area contributed by atoms with E-state index in [1.165, 1.54) is 10.8 Å². The molecule has 5 aromatic rings. The van der Waals surface area contributed by atoms with Crippen LogP contribution in [0.4, 0.5) is 0 Å². The lowest BCUT2D eigenvalue weighted by molar-refractivity contribution is 0.601. The summed E-state index contributed by atoms with van der Waals surface area (Å²) in [5, 5.41) is 4.64. The zero-order valence-corrected chi connectivity index (χ0v) is 15.0. The molecule has 0 aliphatic carbocycles. The van der Waals surface area contributed by atoms with Crippen LogP contribution in [0.15, 0.2) is 78.0 Å². The van der Waals surface area contributed by atoms with Gasteiger partial charge in [-0.25, -0.2) is 0 Å². The van der Waals surface area contributed by atoms with Gasteiger partial charge in [-0.05, 0) is 51.8 Å². The Bertz CT molecular complexity index is 1270. The van der Waals surface area contributed by atoms with Crippen LogP contribution in [-0.2, 0) is 11.2 Å². The molecule has 2 heterocycles. The number of rotatable bonds is 2. The summed E-state index contributed by atoms with van der Waals surface area (Å²) in [4.78, 5) is 8.67. The van der Waals surface area contributed by atoms with Crippen LogP contribution in [0.25, 0.3) is 43.7 Å². The van der Waals surface area contributed by atoms with Crippen molar-refractivity contribution in [1.29, 1.82) is 0 Å². The molecule has 5 rings (SSSR count). The van der Waals surface area contributed by atoms with Crippen LogP contribution in [0.3, 0.4) is 0 Å². The van der Waals surface area contributed by atoms with Gasteiger partial charge in [0.25, 0.3) is 0 Å². The number of hydrogen-bond donors (Lipinski definition) is 1. The fourth-order valence-corrected chi connectivity index (χ4v) is 4.53. The molecule has 0 saturated carbocycles. The van der Waals surface area contributed by atoms with Crippen molar-refractivity contribution in [3.63, 3.8) is 0 Å². The van der Waals surface area contributed by atoms with Crippen LogP contribution in [0, 0.1) is 0 Å². The predicted molar refractivity (Wildman–Crippen MR) is 109 cm³/mol. The molecule has 126 valence electrons. The first kappa shape index (κ1) is 15.4. The fraction of sp³-hybridized carbons (Fsp3) is 0.0455. The van der Waals surface area contributed by atoms with Gasteiger partial charge in [0.2, 0.25) is 0 Å². The second-order valence-electron chi connectivity index (χ2n) is 6.39. The number of fused-ring (bicyclic) bond motifs is 5. The number of benzene rings is 3. The van der Waals surface area contributed by atoms with Crippen molar-refractivity contribution in [3.8, 4) is 11.1 Å². The van der Waals surface area contributed by atoms with Gasteiger partial charge in [-0.1, -0.05) is 36.4 Å². The van der Waals surface area contributed by atoms with Gasteiger partial charge in [0.1, 0.15) is 6.26 Å². The quantitative estimate of drug-likeness (QED) is 0.438. The zero-order chi connectivity index (χ0) is 17.7. The van der Waals surface area contributed by atoms with E-state index in [2.05, 4.69) is 46.4 Å². The Labute approximate surface area is 153 Å². The Balaban J connectivity index is 1.97. The third-order valence-electron chi connectivity index (χ3n) is 4.89. The van der Waals surface area contributed by atoms with Crippen molar-refractivity contribution >= 4 is 43.8 Å². The Morgan fingerprint density at radius 1 is 0.846 bits per heavy atom. The fourth-order valence-electron chi connectivity index (χ4n) is 3.77. The molecule has 0 aliphatic rings. The highest BCUT2D eigenvalue weighted by molar-refractivity contribution is 7.90. The minimum atomic E-state index is -1.05. The normalized spacial score (nSPS) is 12.8. The van der Waals surface area contributed by atoms with Gasteiger partial charge >= 0.3 is 0 Å². The van der Waals surface area contributed by atoms with Gasteiger partial charge in [0.05, 0.1) is 0 Å². The molecule has 1 unspecified atom stereocenters. The van der Waals surface area contributed by atoms with E-state index in [1.807, 2.05) is 30.5 Å². The molecule has 0 spiro atoms. The van der Waals surface area contributed by atoms with Gasteiger partial charge in [0, 0.05) is 39.8 Å². The summed E-state index contributed by atoms with van der Waals surface area (Å²) in [7, 11) is 0. The summed E-state index contributed by atoms with van der Waals surface area (Å²) in [6, 6.07) is 20.5. The minimum absolute atomic E-state index is 0.856. The summed E-state index contributed by atoms with van der Waals surface area (Å²) >= 11 is -1.05. The SMILES string of the molecule is C[S+]([O-])c1ccccc1-c1cc2[nH]c3ccncc3c2c2ccccc12. The number of H-pyrrole nitrogens is 1. The molecule has 26 heavy (non-hydrogen) atoms. The van der Waals surface area contributed by atoms with E-state index in [-0.39, 0.29) is 0 Å². The Kier molecular flexibility index (Phi) is 3.48. The van der Waals surface area contributed by atoms with Gasteiger partial charge in [-0.15, -0.1) is 0 Å². The number of hydrogen-bond acceptors (Lipinski definition) is 2. The number of aromatic amines is 1. The maximum Gasteiger partial charge on any atom is 0.160 e. The second kappa shape index (κ2) is 5.87. The first-order chi connectivity index (χ1) is 12.7. The van der Waals surface area contributed by atoms with Crippen molar-refractivity contribution in [2.24, 2.45) is 0 Å². The maximum atomic E-state index is 12.3. The first-order valence-electron chi connectivity index (χ1n) is 8.44. The highest BCUT2D eigenvalue weighted by atomic mass is 32.2. The lowest BCUT2D eigenvalue weighted by Gasteiger charge is -2.13. The minimum Gasteiger partial charge on any atom is -0.612 e. The van der Waals surface area contributed by atoms with Crippen LogP contribution in [-0.4, -0.2) is 20.8 Å². The van der Waals surface area contributed by atoms with E-state index in [9.17, 15) is 4.55 Å². The zero-order valence-electron chi connectivity index (χ0n) is 14.2. The summed E-state index contributed by atoms with van der Waals surface area (Å²) in [5.41, 5.74) is 4.25. The van der Waals surface area contributed by atoms with Gasteiger partial charge < -0.3 is 9.54 Å². The third kappa shape index (κ3) is 2.23. The van der Waals surface area contributed by atoms with Gasteiger partial charge in [-0.2, -0.15) is 0 Å². The summed E-state index contributed by atoms with van der Waals surface area (Å²) < 4.78 is 12.3. The molecule has 0 radical (unpaired) electrons. The van der Waals surface area contributed by atoms with Crippen LogP contribution >= 0.6 is 0 Å². The molecule has 1 N–H and O–H groups in total. The van der Waals surface area contributed by atoms with E-state index >= 15 is 0 Å². The molecule has 0 fully saturated rings.